The molecule has 22 heavy (non-hydrogen) atoms. The van der Waals surface area contributed by atoms with Crippen molar-refractivity contribution in [3.8, 4) is 0 Å². The lowest BCUT2D eigenvalue weighted by molar-refractivity contribution is 0.372. The Morgan fingerprint density at radius 3 is 2.45 bits per heavy atom. The highest BCUT2D eigenvalue weighted by Gasteiger charge is 2.11. The summed E-state index contributed by atoms with van der Waals surface area (Å²) in [6.45, 7) is 1.74. The van der Waals surface area contributed by atoms with Crippen LogP contribution in [0.3, 0.4) is 0 Å². The molecule has 0 saturated carbocycles. The number of aromatic nitrogens is 4. The number of nitrogens with two attached hydrogens (primary N) is 1. The predicted octanol–water partition coefficient (Wildman–Crippen LogP) is 2.14. The fourth-order valence-corrected chi connectivity index (χ4v) is 2.02. The average molecular weight is 322 g/mol. The largest absolute Gasteiger partial charge is 0.399 e. The molecule has 0 bridgehead atoms. The highest BCUT2D eigenvalue weighted by atomic mass is 35.5. The zero-order valence-electron chi connectivity index (χ0n) is 12.0. The predicted molar refractivity (Wildman–Crippen MR) is 81.6 cm³/mol. The molecule has 0 radical (unpaired) electrons. The maximum Gasteiger partial charge on any atom is 0.226 e. The summed E-state index contributed by atoms with van der Waals surface area (Å²) in [6, 6.07) is 7.75. The van der Waals surface area contributed by atoms with E-state index in [9.17, 15) is 0 Å². The van der Waals surface area contributed by atoms with Gasteiger partial charge in [-0.05, 0) is 18.1 Å². The number of nitrogens with zero attached hydrogens (tertiary/aromatic N) is 4. The van der Waals surface area contributed by atoms with Crippen molar-refractivity contribution in [2.75, 3.05) is 5.73 Å². The minimum Gasteiger partial charge on any atom is -0.399 e. The Labute approximate surface area is 133 Å². The first kappa shape index (κ1) is 16.0. The summed E-state index contributed by atoms with van der Waals surface area (Å²) in [7, 11) is 0. The van der Waals surface area contributed by atoms with Crippen molar-refractivity contribution in [2.45, 2.75) is 26.2 Å². The molecule has 0 aliphatic carbocycles. The van der Waals surface area contributed by atoms with Gasteiger partial charge in [0.1, 0.15) is 0 Å². The molecule has 2 aromatic heterocycles. The normalized spacial score (nSPS) is 10.4. The lowest BCUT2D eigenvalue weighted by Crippen LogP contribution is -1.98. The van der Waals surface area contributed by atoms with E-state index in [-0.39, 0.29) is 12.4 Å². The topological polar surface area (TPSA) is 104 Å². The summed E-state index contributed by atoms with van der Waals surface area (Å²) >= 11 is 0. The van der Waals surface area contributed by atoms with Gasteiger partial charge in [0.15, 0.2) is 11.6 Å². The maximum atomic E-state index is 5.90. The summed E-state index contributed by atoms with van der Waals surface area (Å²) in [5, 5.41) is 7.72. The molecule has 2 N–H and O–H groups in total. The molecule has 0 fully saturated rings. The number of anilines is 1. The summed E-state index contributed by atoms with van der Waals surface area (Å²) in [4.78, 5) is 8.42. The van der Waals surface area contributed by atoms with Crippen LogP contribution < -0.4 is 5.73 Å². The molecule has 116 valence electrons. The van der Waals surface area contributed by atoms with E-state index in [0.717, 1.165) is 17.7 Å². The second-order valence-corrected chi connectivity index (χ2v) is 4.71. The fraction of sp³-hybridized carbons (Fsp3) is 0.286. The molecule has 0 atom stereocenters. The monoisotopic (exact) mass is 321 g/mol. The number of halogens is 1. The summed E-state index contributed by atoms with van der Waals surface area (Å²) < 4.78 is 10.1. The van der Waals surface area contributed by atoms with Crippen LogP contribution in [0.1, 0.15) is 29.0 Å². The Morgan fingerprint density at radius 1 is 1.00 bits per heavy atom. The van der Waals surface area contributed by atoms with Gasteiger partial charge in [-0.15, -0.1) is 12.4 Å². The van der Waals surface area contributed by atoms with E-state index in [1.54, 1.807) is 6.92 Å². The van der Waals surface area contributed by atoms with Crippen LogP contribution in [0.15, 0.2) is 33.3 Å². The van der Waals surface area contributed by atoms with Gasteiger partial charge in [0.25, 0.3) is 0 Å². The van der Waals surface area contributed by atoms with Gasteiger partial charge in [-0.25, -0.2) is 0 Å². The van der Waals surface area contributed by atoms with Crippen molar-refractivity contribution in [1.29, 1.82) is 0 Å². The van der Waals surface area contributed by atoms with E-state index in [4.69, 9.17) is 14.8 Å². The molecule has 8 heteroatoms. The van der Waals surface area contributed by atoms with Gasteiger partial charge < -0.3 is 14.8 Å². The molecule has 2 heterocycles. The minimum absolute atomic E-state index is 0. The quantitative estimate of drug-likeness (QED) is 0.718. The van der Waals surface area contributed by atoms with Crippen molar-refractivity contribution < 1.29 is 9.05 Å². The van der Waals surface area contributed by atoms with Gasteiger partial charge >= 0.3 is 0 Å². The molecule has 0 unspecified atom stereocenters. The fourth-order valence-electron chi connectivity index (χ4n) is 2.02. The highest BCUT2D eigenvalue weighted by Crippen LogP contribution is 2.13. The Hall–Kier alpha value is -2.41. The van der Waals surface area contributed by atoms with Gasteiger partial charge in [0.2, 0.25) is 11.8 Å². The highest BCUT2D eigenvalue weighted by molar-refractivity contribution is 5.85. The van der Waals surface area contributed by atoms with Crippen molar-refractivity contribution in [2.24, 2.45) is 0 Å². The van der Waals surface area contributed by atoms with Gasteiger partial charge in [-0.3, -0.25) is 0 Å². The average Bonchev–Trinajstić information content (AvgIpc) is 3.08. The third-order valence-corrected chi connectivity index (χ3v) is 3.06. The SMILES string of the molecule is Cc1nc(Cc2noc(CCc3ccccc3N)n2)no1.Cl. The van der Waals surface area contributed by atoms with Crippen LogP contribution in [0.5, 0.6) is 0 Å². The number of hydrogen-bond acceptors (Lipinski definition) is 7. The molecule has 0 amide bonds. The van der Waals surface area contributed by atoms with Crippen molar-refractivity contribution in [1.82, 2.24) is 20.3 Å². The van der Waals surface area contributed by atoms with Gasteiger partial charge in [0, 0.05) is 19.0 Å². The van der Waals surface area contributed by atoms with E-state index in [2.05, 4.69) is 20.3 Å². The van der Waals surface area contributed by atoms with Crippen molar-refractivity contribution in [3.05, 3.63) is 53.3 Å². The number of para-hydroxylation sites is 1. The van der Waals surface area contributed by atoms with Crippen LogP contribution in [-0.4, -0.2) is 20.3 Å². The van der Waals surface area contributed by atoms with Crippen molar-refractivity contribution >= 4 is 18.1 Å². The smallest absolute Gasteiger partial charge is 0.226 e. The van der Waals surface area contributed by atoms with Crippen LogP contribution >= 0.6 is 12.4 Å². The molecule has 7 nitrogen and oxygen atoms in total. The van der Waals surface area contributed by atoms with Crippen molar-refractivity contribution in [3.63, 3.8) is 0 Å². The third kappa shape index (κ3) is 3.82. The molecule has 3 rings (SSSR count). The first-order valence-corrected chi connectivity index (χ1v) is 6.65. The number of nitrogen functional groups attached to an aromatic ring is 1. The van der Waals surface area contributed by atoms with Crippen LogP contribution in [0.2, 0.25) is 0 Å². The van der Waals surface area contributed by atoms with Crippen LogP contribution in [0.4, 0.5) is 5.69 Å². The molecule has 0 spiro atoms. The number of benzene rings is 1. The van der Waals surface area contributed by atoms with E-state index < -0.39 is 0 Å². The van der Waals surface area contributed by atoms with E-state index in [1.165, 1.54) is 0 Å². The Kier molecular flexibility index (Phi) is 5.11. The molecule has 0 aliphatic rings. The first-order valence-electron chi connectivity index (χ1n) is 6.65. The summed E-state index contributed by atoms with van der Waals surface area (Å²) in [5.41, 5.74) is 7.75. The molecule has 0 aliphatic heterocycles. The second-order valence-electron chi connectivity index (χ2n) is 4.71. The maximum absolute atomic E-state index is 5.90. The Balaban J connectivity index is 0.00000176. The van der Waals surface area contributed by atoms with E-state index in [1.807, 2.05) is 24.3 Å². The number of aryl methyl sites for hydroxylation is 3. The number of hydrogen-bond donors (Lipinski definition) is 1. The minimum atomic E-state index is 0. The first-order chi connectivity index (χ1) is 10.2. The number of rotatable bonds is 5. The standard InChI is InChI=1S/C14H15N5O2.ClH/c1-9-16-12(18-20-9)8-13-17-14(21-19-13)7-6-10-4-2-3-5-11(10)15;/h2-5H,6-8,15H2,1H3;1H. The Bertz CT molecular complexity index is 740. The van der Waals surface area contributed by atoms with Gasteiger partial charge in [-0.1, -0.05) is 28.5 Å². The molecule has 3 aromatic rings. The lowest BCUT2D eigenvalue weighted by Gasteiger charge is -2.02. The second kappa shape index (κ2) is 7.04. The van der Waals surface area contributed by atoms with Crippen LogP contribution in [0.25, 0.3) is 0 Å². The van der Waals surface area contributed by atoms with Gasteiger partial charge in [0.05, 0.1) is 6.42 Å². The zero-order chi connectivity index (χ0) is 14.7. The molecule has 0 saturated heterocycles. The third-order valence-electron chi connectivity index (χ3n) is 3.06. The van der Waals surface area contributed by atoms with Crippen LogP contribution in [0, 0.1) is 6.92 Å². The molecular weight excluding hydrogens is 306 g/mol. The lowest BCUT2D eigenvalue weighted by atomic mass is 10.1. The van der Waals surface area contributed by atoms with E-state index >= 15 is 0 Å². The van der Waals surface area contributed by atoms with Crippen LogP contribution in [-0.2, 0) is 19.3 Å². The van der Waals surface area contributed by atoms with Gasteiger partial charge in [-0.2, -0.15) is 9.97 Å². The zero-order valence-corrected chi connectivity index (χ0v) is 12.8. The Morgan fingerprint density at radius 2 is 1.73 bits per heavy atom. The summed E-state index contributed by atoms with van der Waals surface area (Å²) in [5.74, 6) is 2.20. The van der Waals surface area contributed by atoms with E-state index in [0.29, 0.717) is 36.3 Å². The summed E-state index contributed by atoms with van der Waals surface area (Å²) in [6.07, 6.45) is 1.80. The molecule has 1 aromatic carbocycles. The molecular formula is C14H16ClN5O2.